The van der Waals surface area contributed by atoms with Gasteiger partial charge in [-0.25, -0.2) is 9.97 Å². The van der Waals surface area contributed by atoms with Gasteiger partial charge in [0, 0.05) is 31.6 Å². The molecule has 2 aromatic heterocycles. The molecule has 4 heterocycles. The van der Waals surface area contributed by atoms with E-state index in [4.69, 9.17) is 9.97 Å². The van der Waals surface area contributed by atoms with Gasteiger partial charge >= 0.3 is 0 Å². The number of rotatable bonds is 2. The van der Waals surface area contributed by atoms with Crippen molar-refractivity contribution >= 4 is 16.9 Å². The van der Waals surface area contributed by atoms with Gasteiger partial charge in [0.05, 0.1) is 11.6 Å². The number of aromatic nitrogens is 4. The van der Waals surface area contributed by atoms with Crippen LogP contribution in [0.4, 0.5) is 5.82 Å². The van der Waals surface area contributed by atoms with Crippen molar-refractivity contribution in [1.29, 1.82) is 0 Å². The summed E-state index contributed by atoms with van der Waals surface area (Å²) in [5.74, 6) is 2.73. The molecule has 6 heteroatoms. The van der Waals surface area contributed by atoms with Crippen molar-refractivity contribution in [2.45, 2.75) is 62.9 Å². The number of hydrogen-bond acceptors (Lipinski definition) is 5. The monoisotopic (exact) mass is 326 g/mol. The first-order valence-electron chi connectivity index (χ1n) is 9.50. The number of nitrogens with one attached hydrogen (secondary N) is 1. The Bertz CT molecular complexity index is 733. The van der Waals surface area contributed by atoms with E-state index < -0.39 is 0 Å². The standard InChI is InChI=1S/C18H26N6/c1-23-17-15(11-20-23)18(22-16(21-17)12-4-2-3-5-12)24-13-6-7-14(24)10-19-9-8-13/h11-14,19H,2-10H2,1H3. The molecule has 2 aliphatic heterocycles. The maximum atomic E-state index is 5.14. The molecule has 2 saturated heterocycles. The van der Waals surface area contributed by atoms with Crippen LogP contribution < -0.4 is 10.2 Å². The molecule has 1 saturated carbocycles. The minimum atomic E-state index is 0.533. The zero-order chi connectivity index (χ0) is 16.1. The zero-order valence-corrected chi connectivity index (χ0v) is 14.4. The van der Waals surface area contributed by atoms with Gasteiger partial charge in [0.25, 0.3) is 0 Å². The number of hydrogen-bond donors (Lipinski definition) is 1. The molecule has 2 bridgehead atoms. The van der Waals surface area contributed by atoms with E-state index in [9.17, 15) is 0 Å². The zero-order valence-electron chi connectivity index (χ0n) is 14.4. The molecule has 2 unspecified atom stereocenters. The van der Waals surface area contributed by atoms with Crippen molar-refractivity contribution in [3.8, 4) is 0 Å². The predicted octanol–water partition coefficient (Wildman–Crippen LogP) is 2.35. The molecule has 2 aromatic rings. The Hall–Kier alpha value is -1.69. The van der Waals surface area contributed by atoms with E-state index in [1.807, 2.05) is 17.9 Å². The Kier molecular flexibility index (Phi) is 3.47. The Morgan fingerprint density at radius 3 is 2.75 bits per heavy atom. The summed E-state index contributed by atoms with van der Waals surface area (Å²) in [7, 11) is 2.00. The second-order valence-corrected chi connectivity index (χ2v) is 7.68. The quantitative estimate of drug-likeness (QED) is 0.918. The lowest BCUT2D eigenvalue weighted by Crippen LogP contribution is -2.39. The van der Waals surface area contributed by atoms with Crippen LogP contribution in [0.1, 0.15) is 56.7 Å². The Labute approximate surface area is 142 Å². The van der Waals surface area contributed by atoms with Gasteiger partial charge in [-0.15, -0.1) is 0 Å². The van der Waals surface area contributed by atoms with E-state index in [1.165, 1.54) is 44.9 Å². The summed E-state index contributed by atoms with van der Waals surface area (Å²) in [4.78, 5) is 12.7. The largest absolute Gasteiger partial charge is 0.349 e. The highest BCUT2D eigenvalue weighted by molar-refractivity contribution is 5.87. The third-order valence-electron chi connectivity index (χ3n) is 6.21. The molecular weight excluding hydrogens is 300 g/mol. The summed E-state index contributed by atoms with van der Waals surface area (Å²) in [6, 6.07) is 1.17. The molecule has 0 spiro atoms. The molecule has 128 valence electrons. The van der Waals surface area contributed by atoms with Gasteiger partial charge in [0.2, 0.25) is 0 Å². The van der Waals surface area contributed by atoms with Gasteiger partial charge in [-0.05, 0) is 38.6 Å². The van der Waals surface area contributed by atoms with E-state index >= 15 is 0 Å². The summed E-state index contributed by atoms with van der Waals surface area (Å²) in [5, 5.41) is 9.20. The van der Waals surface area contributed by atoms with Crippen molar-refractivity contribution < 1.29 is 0 Å². The lowest BCUT2D eigenvalue weighted by atomic mass is 10.1. The predicted molar refractivity (Wildman–Crippen MR) is 94.3 cm³/mol. The van der Waals surface area contributed by atoms with Crippen LogP contribution in [-0.2, 0) is 7.05 Å². The number of aryl methyl sites for hydroxylation is 1. The fraction of sp³-hybridized carbons (Fsp3) is 0.722. The molecule has 1 aliphatic carbocycles. The Balaban J connectivity index is 1.66. The summed E-state index contributed by atoms with van der Waals surface area (Å²) in [6.45, 7) is 2.19. The second kappa shape index (κ2) is 5.69. The molecule has 6 nitrogen and oxygen atoms in total. The van der Waals surface area contributed by atoms with Crippen molar-refractivity contribution in [3.63, 3.8) is 0 Å². The molecule has 5 rings (SSSR count). The summed E-state index contributed by atoms with van der Waals surface area (Å²) >= 11 is 0. The van der Waals surface area contributed by atoms with E-state index in [0.717, 1.165) is 35.8 Å². The summed E-state index contributed by atoms with van der Waals surface area (Å²) in [5.41, 5.74) is 0.999. The SMILES string of the molecule is Cn1ncc2c(N3C4CCNCC3CC4)nc(C3CCCC3)nc21. The first-order valence-corrected chi connectivity index (χ1v) is 9.50. The van der Waals surface area contributed by atoms with Crippen LogP contribution in [0.15, 0.2) is 6.20 Å². The van der Waals surface area contributed by atoms with Crippen LogP contribution in [0.5, 0.6) is 0 Å². The highest BCUT2D eigenvalue weighted by atomic mass is 15.3. The van der Waals surface area contributed by atoms with E-state index in [-0.39, 0.29) is 0 Å². The Morgan fingerprint density at radius 2 is 1.88 bits per heavy atom. The molecule has 3 aliphatic rings. The number of anilines is 1. The van der Waals surface area contributed by atoms with Crippen molar-refractivity contribution in [2.75, 3.05) is 18.0 Å². The molecule has 0 aromatic carbocycles. The average Bonchev–Trinajstić information content (AvgIpc) is 3.27. The van der Waals surface area contributed by atoms with Crippen LogP contribution in [0, 0.1) is 0 Å². The van der Waals surface area contributed by atoms with Gasteiger partial charge in [-0.1, -0.05) is 12.8 Å². The van der Waals surface area contributed by atoms with Gasteiger partial charge in [-0.3, -0.25) is 4.68 Å². The minimum Gasteiger partial charge on any atom is -0.349 e. The maximum absolute atomic E-state index is 5.14. The highest BCUT2D eigenvalue weighted by Gasteiger charge is 2.37. The summed E-state index contributed by atoms with van der Waals surface area (Å²) < 4.78 is 1.91. The fourth-order valence-electron chi connectivity index (χ4n) is 4.92. The van der Waals surface area contributed by atoms with Crippen LogP contribution >= 0.6 is 0 Å². The van der Waals surface area contributed by atoms with Crippen molar-refractivity contribution in [2.24, 2.45) is 7.05 Å². The molecule has 1 N–H and O–H groups in total. The molecule has 24 heavy (non-hydrogen) atoms. The van der Waals surface area contributed by atoms with Gasteiger partial charge in [0.1, 0.15) is 11.6 Å². The number of fused-ring (bicyclic) bond motifs is 3. The normalized spacial score (nSPS) is 28.0. The Morgan fingerprint density at radius 1 is 1.04 bits per heavy atom. The lowest BCUT2D eigenvalue weighted by molar-refractivity contribution is 0.567. The lowest BCUT2D eigenvalue weighted by Gasteiger charge is -2.30. The van der Waals surface area contributed by atoms with Gasteiger partial charge in [0.15, 0.2) is 5.65 Å². The minimum absolute atomic E-state index is 0.533. The van der Waals surface area contributed by atoms with Crippen LogP contribution in [-0.4, -0.2) is 44.9 Å². The second-order valence-electron chi connectivity index (χ2n) is 7.68. The molecule has 2 atom stereocenters. The van der Waals surface area contributed by atoms with Crippen molar-refractivity contribution in [1.82, 2.24) is 25.1 Å². The van der Waals surface area contributed by atoms with Crippen LogP contribution in [0.2, 0.25) is 0 Å². The van der Waals surface area contributed by atoms with Gasteiger partial charge < -0.3 is 10.2 Å². The third-order valence-corrected chi connectivity index (χ3v) is 6.21. The first kappa shape index (κ1) is 14.6. The van der Waals surface area contributed by atoms with E-state index in [2.05, 4.69) is 15.3 Å². The van der Waals surface area contributed by atoms with Crippen LogP contribution in [0.25, 0.3) is 11.0 Å². The fourth-order valence-corrected chi connectivity index (χ4v) is 4.92. The number of nitrogens with zero attached hydrogens (tertiary/aromatic N) is 5. The molecular formula is C18H26N6. The summed E-state index contributed by atoms with van der Waals surface area (Å²) in [6.07, 6.45) is 10.8. The van der Waals surface area contributed by atoms with E-state index in [1.54, 1.807) is 0 Å². The average molecular weight is 326 g/mol. The van der Waals surface area contributed by atoms with Crippen molar-refractivity contribution in [3.05, 3.63) is 12.0 Å². The topological polar surface area (TPSA) is 58.9 Å². The molecule has 0 radical (unpaired) electrons. The third kappa shape index (κ3) is 2.23. The maximum Gasteiger partial charge on any atom is 0.163 e. The smallest absolute Gasteiger partial charge is 0.163 e. The molecule has 3 fully saturated rings. The van der Waals surface area contributed by atoms with Crippen LogP contribution in [0.3, 0.4) is 0 Å². The highest BCUT2D eigenvalue weighted by Crippen LogP contribution is 2.38. The van der Waals surface area contributed by atoms with Gasteiger partial charge in [-0.2, -0.15) is 5.10 Å². The van der Waals surface area contributed by atoms with E-state index in [0.29, 0.717) is 18.0 Å². The first-order chi connectivity index (χ1) is 11.8. The molecule has 0 amide bonds.